The van der Waals surface area contributed by atoms with E-state index in [2.05, 4.69) is 5.32 Å². The lowest BCUT2D eigenvalue weighted by Crippen LogP contribution is -2.29. The number of hydrogen-bond donors (Lipinski definition) is 2. The van der Waals surface area contributed by atoms with Crippen LogP contribution in [0, 0.1) is 20.8 Å². The van der Waals surface area contributed by atoms with Gasteiger partial charge in [-0.25, -0.2) is 4.79 Å². The zero-order chi connectivity index (χ0) is 22.1. The number of aryl methyl sites for hydroxylation is 3. The fraction of sp³-hybridized carbons (Fsp3) is 0.280. The van der Waals surface area contributed by atoms with Gasteiger partial charge in [-0.05, 0) is 49.9 Å². The van der Waals surface area contributed by atoms with Gasteiger partial charge >= 0.3 is 5.63 Å². The minimum absolute atomic E-state index is 0.116. The third-order valence-electron chi connectivity index (χ3n) is 5.81. The van der Waals surface area contributed by atoms with Crippen molar-refractivity contribution in [1.29, 1.82) is 0 Å². The first kappa shape index (κ1) is 20.9. The highest BCUT2D eigenvalue weighted by atomic mass is 16.4. The zero-order valence-electron chi connectivity index (χ0n) is 17.8. The maximum atomic E-state index is 12.6. The molecule has 2 aromatic carbocycles. The Kier molecular flexibility index (Phi) is 5.65. The highest BCUT2D eigenvalue weighted by Gasteiger charge is 2.18. The van der Waals surface area contributed by atoms with Gasteiger partial charge in [-0.2, -0.15) is 0 Å². The summed E-state index contributed by atoms with van der Waals surface area (Å²) < 4.78 is 11.2. The molecule has 6 heteroatoms. The molecule has 6 nitrogen and oxygen atoms in total. The van der Waals surface area contributed by atoms with Crippen molar-refractivity contribution < 1.29 is 18.7 Å². The molecule has 2 heterocycles. The SMILES string of the molecule is Cc1coc2c(C)c3oc(=O)c(CCC(=O)NC[C@H](O)c4ccccc4)c(C)c3cc12. The summed E-state index contributed by atoms with van der Waals surface area (Å²) in [4.78, 5) is 25.0. The van der Waals surface area contributed by atoms with Gasteiger partial charge in [-0.1, -0.05) is 30.3 Å². The Morgan fingerprint density at radius 3 is 2.55 bits per heavy atom. The Hall–Kier alpha value is -3.38. The van der Waals surface area contributed by atoms with Gasteiger partial charge in [0.15, 0.2) is 0 Å². The second kappa shape index (κ2) is 8.40. The molecule has 1 atom stereocenters. The largest absolute Gasteiger partial charge is 0.464 e. The summed E-state index contributed by atoms with van der Waals surface area (Å²) in [5.41, 5.74) is 4.65. The van der Waals surface area contributed by atoms with Crippen molar-refractivity contribution in [2.45, 2.75) is 39.7 Å². The Bertz CT molecular complexity index is 1320. The van der Waals surface area contributed by atoms with E-state index in [1.807, 2.05) is 45.0 Å². The van der Waals surface area contributed by atoms with Crippen molar-refractivity contribution in [2.75, 3.05) is 6.54 Å². The first-order valence-corrected chi connectivity index (χ1v) is 10.3. The molecule has 0 saturated carbocycles. The molecular weight excluding hydrogens is 394 g/mol. The predicted octanol–water partition coefficient (Wildman–Crippen LogP) is 4.25. The van der Waals surface area contributed by atoms with Crippen molar-refractivity contribution in [2.24, 2.45) is 0 Å². The second-order valence-corrected chi connectivity index (χ2v) is 7.90. The van der Waals surface area contributed by atoms with Crippen molar-refractivity contribution in [3.05, 3.63) is 80.9 Å². The molecule has 0 spiro atoms. The van der Waals surface area contributed by atoms with E-state index in [4.69, 9.17) is 8.83 Å². The van der Waals surface area contributed by atoms with Gasteiger partial charge < -0.3 is 19.3 Å². The molecule has 0 radical (unpaired) electrons. The highest BCUT2D eigenvalue weighted by Crippen LogP contribution is 2.32. The lowest BCUT2D eigenvalue weighted by Gasteiger charge is -2.13. The van der Waals surface area contributed by atoms with Crippen LogP contribution < -0.4 is 10.9 Å². The van der Waals surface area contributed by atoms with E-state index in [0.717, 1.165) is 38.6 Å². The van der Waals surface area contributed by atoms with Crippen LogP contribution in [0.1, 0.15) is 40.3 Å². The zero-order valence-corrected chi connectivity index (χ0v) is 17.8. The van der Waals surface area contributed by atoms with Crippen LogP contribution in [-0.2, 0) is 11.2 Å². The van der Waals surface area contributed by atoms with Crippen molar-refractivity contribution >= 4 is 27.8 Å². The number of rotatable bonds is 6. The Balaban J connectivity index is 1.52. The molecule has 0 aliphatic rings. The number of fused-ring (bicyclic) bond motifs is 2. The number of hydrogen-bond acceptors (Lipinski definition) is 5. The van der Waals surface area contributed by atoms with E-state index >= 15 is 0 Å². The molecule has 31 heavy (non-hydrogen) atoms. The predicted molar refractivity (Wildman–Crippen MR) is 119 cm³/mol. The van der Waals surface area contributed by atoms with Crippen LogP contribution in [-0.4, -0.2) is 17.6 Å². The first-order chi connectivity index (χ1) is 14.9. The fourth-order valence-corrected chi connectivity index (χ4v) is 3.94. The Labute approximate surface area is 179 Å². The number of carbonyl (C=O) groups is 1. The van der Waals surface area contributed by atoms with Crippen LogP contribution >= 0.6 is 0 Å². The van der Waals surface area contributed by atoms with Gasteiger partial charge in [0.25, 0.3) is 0 Å². The number of benzene rings is 2. The first-order valence-electron chi connectivity index (χ1n) is 10.3. The third kappa shape index (κ3) is 3.99. The fourth-order valence-electron chi connectivity index (χ4n) is 3.94. The molecule has 0 unspecified atom stereocenters. The number of nitrogens with one attached hydrogen (secondary N) is 1. The molecule has 0 aliphatic carbocycles. The van der Waals surface area contributed by atoms with Crippen LogP contribution in [0.4, 0.5) is 0 Å². The van der Waals surface area contributed by atoms with Gasteiger partial charge in [0.05, 0.1) is 12.4 Å². The van der Waals surface area contributed by atoms with Gasteiger partial charge in [0.2, 0.25) is 5.91 Å². The minimum Gasteiger partial charge on any atom is -0.464 e. The maximum absolute atomic E-state index is 12.6. The normalized spacial score (nSPS) is 12.4. The van der Waals surface area contributed by atoms with Gasteiger partial charge in [-0.15, -0.1) is 0 Å². The number of carbonyl (C=O) groups excluding carboxylic acids is 1. The summed E-state index contributed by atoms with van der Waals surface area (Å²) in [5.74, 6) is -0.230. The molecule has 0 aliphatic heterocycles. The highest BCUT2D eigenvalue weighted by molar-refractivity contribution is 5.99. The number of furan rings is 1. The van der Waals surface area contributed by atoms with E-state index in [-0.39, 0.29) is 25.3 Å². The lowest BCUT2D eigenvalue weighted by atomic mass is 9.98. The van der Waals surface area contributed by atoms with E-state index in [1.54, 1.807) is 18.4 Å². The molecular formula is C25H25NO5. The van der Waals surface area contributed by atoms with Gasteiger partial charge in [0, 0.05) is 34.9 Å². The Morgan fingerprint density at radius 2 is 1.81 bits per heavy atom. The molecule has 4 rings (SSSR count). The molecule has 160 valence electrons. The molecule has 0 bridgehead atoms. The van der Waals surface area contributed by atoms with E-state index < -0.39 is 11.7 Å². The quantitative estimate of drug-likeness (QED) is 0.456. The molecule has 2 N–H and O–H groups in total. The average Bonchev–Trinajstić information content (AvgIpc) is 3.14. The molecule has 0 fully saturated rings. The summed E-state index contributed by atoms with van der Waals surface area (Å²) in [6.45, 7) is 5.85. The third-order valence-corrected chi connectivity index (χ3v) is 5.81. The van der Waals surface area contributed by atoms with Crippen LogP contribution in [0.25, 0.3) is 21.9 Å². The molecule has 2 aromatic heterocycles. The second-order valence-electron chi connectivity index (χ2n) is 7.90. The minimum atomic E-state index is -0.777. The smallest absolute Gasteiger partial charge is 0.339 e. The van der Waals surface area contributed by atoms with Crippen LogP contribution in [0.2, 0.25) is 0 Å². The van der Waals surface area contributed by atoms with Crippen molar-refractivity contribution in [3.63, 3.8) is 0 Å². The van der Waals surface area contributed by atoms with E-state index in [0.29, 0.717) is 11.1 Å². The van der Waals surface area contributed by atoms with Gasteiger partial charge in [-0.3, -0.25) is 4.79 Å². The summed E-state index contributed by atoms with van der Waals surface area (Å²) in [7, 11) is 0. The standard InChI is InChI=1S/C25H25NO5/c1-14-13-30-23-16(3)24-20(11-19(14)23)15(2)18(25(29)31-24)9-10-22(28)26-12-21(27)17-7-5-4-6-8-17/h4-8,11,13,21,27H,9-10,12H2,1-3H3,(H,26,28)/t21-/m0/s1. The maximum Gasteiger partial charge on any atom is 0.339 e. The van der Waals surface area contributed by atoms with E-state index in [9.17, 15) is 14.7 Å². The average molecular weight is 419 g/mol. The number of aliphatic hydroxyl groups is 1. The lowest BCUT2D eigenvalue weighted by molar-refractivity contribution is -0.121. The van der Waals surface area contributed by atoms with Crippen LogP contribution in [0.15, 0.2) is 56.3 Å². The van der Waals surface area contributed by atoms with Crippen molar-refractivity contribution in [3.8, 4) is 0 Å². The van der Waals surface area contributed by atoms with Crippen LogP contribution in [0.5, 0.6) is 0 Å². The molecule has 0 saturated heterocycles. The topological polar surface area (TPSA) is 92.7 Å². The summed E-state index contributed by atoms with van der Waals surface area (Å²) in [5, 5.41) is 14.8. The number of amides is 1. The summed E-state index contributed by atoms with van der Waals surface area (Å²) in [6.07, 6.45) is 1.31. The monoisotopic (exact) mass is 419 g/mol. The molecule has 4 aromatic rings. The number of aliphatic hydroxyl groups excluding tert-OH is 1. The van der Waals surface area contributed by atoms with Gasteiger partial charge in [0.1, 0.15) is 11.2 Å². The van der Waals surface area contributed by atoms with Crippen molar-refractivity contribution in [1.82, 2.24) is 5.32 Å². The van der Waals surface area contributed by atoms with Crippen LogP contribution in [0.3, 0.4) is 0 Å². The van der Waals surface area contributed by atoms with E-state index in [1.165, 1.54) is 0 Å². The Morgan fingerprint density at radius 1 is 1.06 bits per heavy atom. The summed E-state index contributed by atoms with van der Waals surface area (Å²) >= 11 is 0. The summed E-state index contributed by atoms with van der Waals surface area (Å²) in [6, 6.07) is 11.1. The molecule has 1 amide bonds.